The molecule has 1 atom stereocenters. The van der Waals surface area contributed by atoms with Crippen LogP contribution in [-0.4, -0.2) is 48.1 Å². The highest BCUT2D eigenvalue weighted by Crippen LogP contribution is 2.17. The lowest BCUT2D eigenvalue weighted by molar-refractivity contribution is -0.130. The molecule has 0 saturated heterocycles. The second-order valence-electron chi connectivity index (χ2n) is 9.01. The van der Waals surface area contributed by atoms with Gasteiger partial charge in [-0.15, -0.1) is 0 Å². The van der Waals surface area contributed by atoms with Crippen molar-refractivity contribution < 1.29 is 19.6 Å². The molecule has 1 saturated carbocycles. The second-order valence-corrected chi connectivity index (χ2v) is 9.01. The maximum atomic E-state index is 12.3. The van der Waals surface area contributed by atoms with Crippen LogP contribution in [-0.2, 0) is 9.59 Å². The van der Waals surface area contributed by atoms with E-state index in [-0.39, 0.29) is 12.5 Å². The van der Waals surface area contributed by atoms with E-state index in [1.54, 1.807) is 24.3 Å². The van der Waals surface area contributed by atoms with Gasteiger partial charge < -0.3 is 21.7 Å². The maximum absolute atomic E-state index is 12.3. The number of hydrogen-bond donors (Lipinski definition) is 6. The van der Waals surface area contributed by atoms with Crippen molar-refractivity contribution in [1.82, 2.24) is 16.1 Å². The summed E-state index contributed by atoms with van der Waals surface area (Å²) < 4.78 is 0. The molecule has 2 aromatic rings. The van der Waals surface area contributed by atoms with E-state index in [1.807, 2.05) is 24.3 Å². The fourth-order valence-corrected chi connectivity index (χ4v) is 4.03. The lowest BCUT2D eigenvalue weighted by Crippen LogP contribution is -2.50. The van der Waals surface area contributed by atoms with Gasteiger partial charge in [-0.3, -0.25) is 19.6 Å². The van der Waals surface area contributed by atoms with Crippen molar-refractivity contribution in [1.29, 1.82) is 0 Å². The molecule has 198 valence electrons. The van der Waals surface area contributed by atoms with Gasteiger partial charge in [-0.25, -0.2) is 5.48 Å². The topological polar surface area (TPSA) is 146 Å². The van der Waals surface area contributed by atoms with E-state index in [0.29, 0.717) is 29.4 Å². The van der Waals surface area contributed by atoms with E-state index >= 15 is 0 Å². The Morgan fingerprint density at radius 1 is 0.895 bits per heavy atom. The van der Waals surface area contributed by atoms with Crippen molar-refractivity contribution in [2.45, 2.75) is 50.6 Å². The summed E-state index contributed by atoms with van der Waals surface area (Å²) in [6.45, 7) is 0.151. The SMILES string of the molecule is NC[C@H](NC(=O)c1ccc(C#CC#Cc2ccc(NC(=O)CNC3CCCCCC3)cc2)cc1)C(=O)NO. The Morgan fingerprint density at radius 2 is 1.47 bits per heavy atom. The average molecular weight is 516 g/mol. The van der Waals surface area contributed by atoms with Crippen LogP contribution in [0.2, 0.25) is 0 Å². The number of rotatable bonds is 8. The van der Waals surface area contributed by atoms with Gasteiger partial charge in [0, 0.05) is 35.0 Å². The molecular weight excluding hydrogens is 482 g/mol. The summed E-state index contributed by atoms with van der Waals surface area (Å²) >= 11 is 0. The van der Waals surface area contributed by atoms with Crippen LogP contribution in [0.1, 0.15) is 60.0 Å². The lowest BCUT2D eigenvalue weighted by atomic mass is 10.1. The van der Waals surface area contributed by atoms with Crippen molar-refractivity contribution in [2.24, 2.45) is 5.73 Å². The number of benzene rings is 2. The Hall–Kier alpha value is -4.15. The molecule has 9 nitrogen and oxygen atoms in total. The van der Waals surface area contributed by atoms with Gasteiger partial charge in [-0.2, -0.15) is 0 Å². The van der Waals surface area contributed by atoms with Crippen LogP contribution in [0.15, 0.2) is 48.5 Å². The van der Waals surface area contributed by atoms with Crippen molar-refractivity contribution in [3.63, 3.8) is 0 Å². The third-order valence-electron chi connectivity index (χ3n) is 6.17. The Labute approximate surface area is 222 Å². The molecule has 0 bridgehead atoms. The van der Waals surface area contributed by atoms with Crippen molar-refractivity contribution in [3.8, 4) is 23.7 Å². The van der Waals surface area contributed by atoms with Crippen molar-refractivity contribution >= 4 is 23.4 Å². The van der Waals surface area contributed by atoms with Crippen LogP contribution in [0, 0.1) is 23.7 Å². The molecule has 0 spiro atoms. The quantitative estimate of drug-likeness (QED) is 0.137. The zero-order valence-corrected chi connectivity index (χ0v) is 21.2. The number of anilines is 1. The Morgan fingerprint density at radius 3 is 2.03 bits per heavy atom. The van der Waals surface area contributed by atoms with Crippen molar-refractivity contribution in [3.05, 3.63) is 65.2 Å². The standard InChI is InChI=1S/C29H33N5O4/c30-19-26(29(37)34-38)33-28(36)23-15-11-21(12-16-23)7-5-6-8-22-13-17-25(18-14-22)32-27(35)20-31-24-9-3-1-2-4-10-24/h11-18,24,26,31,38H,1-4,9-10,19-20,30H2,(H,32,35)(H,33,36)(H,34,37)/t26-/m0/s1. The number of amides is 3. The van der Waals surface area contributed by atoms with Crippen molar-refractivity contribution in [2.75, 3.05) is 18.4 Å². The highest BCUT2D eigenvalue weighted by molar-refractivity contribution is 5.97. The number of nitrogens with two attached hydrogens (primary N) is 1. The number of carbonyl (C=O) groups is 3. The van der Waals surface area contributed by atoms with Crippen LogP contribution in [0.25, 0.3) is 0 Å². The minimum Gasteiger partial charge on any atom is -0.339 e. The zero-order chi connectivity index (χ0) is 27.2. The molecule has 3 amide bonds. The van der Waals surface area contributed by atoms with E-state index in [9.17, 15) is 14.4 Å². The molecule has 0 aliphatic heterocycles. The number of nitrogens with one attached hydrogen (secondary N) is 4. The Kier molecular flexibility index (Phi) is 11.4. The molecule has 0 heterocycles. The molecule has 9 heteroatoms. The van der Waals surface area contributed by atoms with Crippen LogP contribution >= 0.6 is 0 Å². The van der Waals surface area contributed by atoms with Crippen LogP contribution in [0.5, 0.6) is 0 Å². The van der Waals surface area contributed by atoms with Gasteiger partial charge in [-0.05, 0) is 73.2 Å². The molecule has 2 aromatic carbocycles. The maximum Gasteiger partial charge on any atom is 0.267 e. The first-order valence-electron chi connectivity index (χ1n) is 12.7. The van der Waals surface area contributed by atoms with Gasteiger partial charge in [0.2, 0.25) is 5.91 Å². The van der Waals surface area contributed by atoms with E-state index in [1.165, 1.54) is 31.2 Å². The van der Waals surface area contributed by atoms with Gasteiger partial charge in [0.05, 0.1) is 6.54 Å². The first kappa shape index (κ1) is 28.4. The van der Waals surface area contributed by atoms with Gasteiger partial charge in [0.15, 0.2) is 0 Å². The largest absolute Gasteiger partial charge is 0.339 e. The summed E-state index contributed by atoms with van der Waals surface area (Å²) in [6, 6.07) is 13.1. The third kappa shape index (κ3) is 9.38. The molecule has 0 unspecified atom stereocenters. The second kappa shape index (κ2) is 15.2. The predicted octanol–water partition coefficient (Wildman–Crippen LogP) is 1.90. The van der Waals surface area contributed by atoms with E-state index in [2.05, 4.69) is 39.6 Å². The van der Waals surface area contributed by atoms with Gasteiger partial charge in [-0.1, -0.05) is 37.5 Å². The summed E-state index contributed by atoms with van der Waals surface area (Å²) in [7, 11) is 0. The van der Waals surface area contributed by atoms with Gasteiger partial charge >= 0.3 is 0 Å². The van der Waals surface area contributed by atoms with Gasteiger partial charge in [0.25, 0.3) is 11.8 Å². The summed E-state index contributed by atoms with van der Waals surface area (Å²) in [5.74, 6) is 10.1. The molecule has 1 aliphatic carbocycles. The fraction of sp³-hybridized carbons (Fsp3) is 0.345. The summed E-state index contributed by atoms with van der Waals surface area (Å²) in [5, 5.41) is 17.4. The molecule has 7 N–H and O–H groups in total. The molecule has 1 fully saturated rings. The monoisotopic (exact) mass is 515 g/mol. The van der Waals surface area contributed by atoms with Crippen LogP contribution in [0.3, 0.4) is 0 Å². The van der Waals surface area contributed by atoms with E-state index < -0.39 is 17.9 Å². The minimum absolute atomic E-state index is 0.0581. The minimum atomic E-state index is -1.04. The van der Waals surface area contributed by atoms with Crippen LogP contribution < -0.4 is 27.2 Å². The summed E-state index contributed by atoms with van der Waals surface area (Å²) in [5.41, 5.74) is 9.36. The first-order chi connectivity index (χ1) is 18.5. The molecule has 0 radical (unpaired) electrons. The smallest absolute Gasteiger partial charge is 0.267 e. The molecule has 1 aliphatic rings. The highest BCUT2D eigenvalue weighted by atomic mass is 16.5. The predicted molar refractivity (Wildman–Crippen MR) is 145 cm³/mol. The lowest BCUT2D eigenvalue weighted by Gasteiger charge is -2.15. The molecule has 38 heavy (non-hydrogen) atoms. The molecule has 0 aromatic heterocycles. The molecule has 3 rings (SSSR count). The van der Waals surface area contributed by atoms with Gasteiger partial charge in [0.1, 0.15) is 6.04 Å². The molecular formula is C29H33N5O4. The Bertz CT molecular complexity index is 1210. The summed E-state index contributed by atoms with van der Waals surface area (Å²) in [6.07, 6.45) is 7.28. The normalized spacial score (nSPS) is 13.9. The summed E-state index contributed by atoms with van der Waals surface area (Å²) in [4.78, 5) is 35.9. The van der Waals surface area contributed by atoms with Crippen LogP contribution in [0.4, 0.5) is 5.69 Å². The zero-order valence-electron chi connectivity index (χ0n) is 21.2. The average Bonchev–Trinajstić information content (AvgIpc) is 3.22. The number of hydrogen-bond acceptors (Lipinski definition) is 6. The highest BCUT2D eigenvalue weighted by Gasteiger charge is 2.19. The van der Waals surface area contributed by atoms with E-state index in [4.69, 9.17) is 10.9 Å². The number of hydroxylamine groups is 1. The number of carbonyl (C=O) groups excluding carboxylic acids is 3. The van der Waals surface area contributed by atoms with E-state index in [0.717, 1.165) is 18.4 Å². The Balaban J connectivity index is 1.47. The third-order valence-corrected chi connectivity index (χ3v) is 6.17. The fourth-order valence-electron chi connectivity index (χ4n) is 4.03. The first-order valence-corrected chi connectivity index (χ1v) is 12.7.